The molecule has 1 heterocycles. The van der Waals surface area contributed by atoms with Crippen LogP contribution in [0.1, 0.15) is 37.5 Å². The molecular weight excluding hydrogens is 214 g/mol. The molecule has 0 aromatic carbocycles. The second-order valence-corrected chi connectivity index (χ2v) is 6.19. The van der Waals surface area contributed by atoms with Gasteiger partial charge in [-0.2, -0.15) is 0 Å². The highest BCUT2D eigenvalue weighted by molar-refractivity contribution is 7.09. The zero-order chi connectivity index (χ0) is 11.2. The van der Waals surface area contributed by atoms with E-state index >= 15 is 0 Å². The second kappa shape index (κ2) is 6.41. The van der Waals surface area contributed by atoms with Gasteiger partial charge in [0.05, 0.1) is 0 Å². The Morgan fingerprint density at radius 2 is 2.12 bits per heavy atom. The molecule has 0 spiro atoms. The Morgan fingerprint density at radius 1 is 1.31 bits per heavy atom. The highest BCUT2D eigenvalue weighted by Gasteiger charge is 2.17. The van der Waals surface area contributed by atoms with Crippen molar-refractivity contribution in [1.29, 1.82) is 0 Å². The summed E-state index contributed by atoms with van der Waals surface area (Å²) in [6, 6.07) is 4.37. The first-order valence-electron chi connectivity index (χ1n) is 6.57. The van der Waals surface area contributed by atoms with E-state index in [4.69, 9.17) is 0 Å². The molecule has 0 unspecified atom stereocenters. The fourth-order valence-electron chi connectivity index (χ4n) is 2.51. The highest BCUT2D eigenvalue weighted by Crippen LogP contribution is 2.27. The van der Waals surface area contributed by atoms with Crippen LogP contribution in [0.3, 0.4) is 0 Å². The van der Waals surface area contributed by atoms with Crippen LogP contribution in [-0.4, -0.2) is 13.1 Å². The van der Waals surface area contributed by atoms with Crippen molar-refractivity contribution in [3.8, 4) is 0 Å². The molecule has 1 N–H and O–H groups in total. The van der Waals surface area contributed by atoms with Gasteiger partial charge in [-0.3, -0.25) is 0 Å². The van der Waals surface area contributed by atoms with Crippen LogP contribution in [0.4, 0.5) is 0 Å². The van der Waals surface area contributed by atoms with Gasteiger partial charge in [0.25, 0.3) is 0 Å². The summed E-state index contributed by atoms with van der Waals surface area (Å²) in [5.41, 5.74) is 0. The Balaban J connectivity index is 1.55. The molecule has 0 amide bonds. The van der Waals surface area contributed by atoms with Gasteiger partial charge in [0.15, 0.2) is 0 Å². The van der Waals surface area contributed by atoms with Crippen LogP contribution >= 0.6 is 11.3 Å². The first-order chi connectivity index (χ1) is 7.84. The summed E-state index contributed by atoms with van der Waals surface area (Å²) in [6.45, 7) is 4.77. The Kier molecular flexibility index (Phi) is 4.86. The number of hydrogen-bond donors (Lipinski definition) is 1. The largest absolute Gasteiger partial charge is 0.316 e. The number of hydrogen-bond acceptors (Lipinski definition) is 2. The number of nitrogens with one attached hydrogen (secondary N) is 1. The molecule has 2 heteroatoms. The highest BCUT2D eigenvalue weighted by atomic mass is 32.1. The minimum Gasteiger partial charge on any atom is -0.316 e. The van der Waals surface area contributed by atoms with Crippen LogP contribution in [0.2, 0.25) is 0 Å². The third-order valence-electron chi connectivity index (χ3n) is 3.70. The SMILES string of the molecule is CC1CCC(CNCCc2cccs2)CC1. The van der Waals surface area contributed by atoms with E-state index in [9.17, 15) is 0 Å². The van der Waals surface area contributed by atoms with E-state index in [1.165, 1.54) is 43.5 Å². The molecule has 0 atom stereocenters. The summed E-state index contributed by atoms with van der Waals surface area (Å²) in [6.07, 6.45) is 6.95. The average Bonchev–Trinajstić information content (AvgIpc) is 2.80. The van der Waals surface area contributed by atoms with Gasteiger partial charge in [-0.15, -0.1) is 11.3 Å². The van der Waals surface area contributed by atoms with Crippen molar-refractivity contribution < 1.29 is 0 Å². The lowest BCUT2D eigenvalue weighted by Gasteiger charge is -2.26. The third kappa shape index (κ3) is 3.91. The molecule has 1 nitrogen and oxygen atoms in total. The minimum atomic E-state index is 0.944. The van der Waals surface area contributed by atoms with Crippen molar-refractivity contribution in [3.63, 3.8) is 0 Å². The molecule has 90 valence electrons. The number of thiophene rings is 1. The summed E-state index contributed by atoms with van der Waals surface area (Å²) in [5, 5.41) is 5.78. The molecule has 2 rings (SSSR count). The van der Waals surface area contributed by atoms with Crippen molar-refractivity contribution in [2.75, 3.05) is 13.1 Å². The quantitative estimate of drug-likeness (QED) is 0.770. The van der Waals surface area contributed by atoms with E-state index in [0.717, 1.165) is 18.4 Å². The zero-order valence-electron chi connectivity index (χ0n) is 10.2. The lowest BCUT2D eigenvalue weighted by atomic mass is 9.83. The van der Waals surface area contributed by atoms with E-state index in [2.05, 4.69) is 29.8 Å². The van der Waals surface area contributed by atoms with Gasteiger partial charge in [-0.1, -0.05) is 25.8 Å². The summed E-state index contributed by atoms with van der Waals surface area (Å²) >= 11 is 1.87. The maximum atomic E-state index is 3.61. The van der Waals surface area contributed by atoms with Crippen molar-refractivity contribution >= 4 is 11.3 Å². The smallest absolute Gasteiger partial charge is 0.00578 e. The first kappa shape index (κ1) is 12.1. The molecule has 0 aliphatic heterocycles. The summed E-state index contributed by atoms with van der Waals surface area (Å²) in [7, 11) is 0. The Hall–Kier alpha value is -0.340. The predicted octanol–water partition coefficient (Wildman–Crippen LogP) is 3.71. The summed E-state index contributed by atoms with van der Waals surface area (Å²) in [5.74, 6) is 1.92. The predicted molar refractivity (Wildman–Crippen MR) is 72.0 cm³/mol. The fourth-order valence-corrected chi connectivity index (χ4v) is 3.21. The minimum absolute atomic E-state index is 0.944. The maximum Gasteiger partial charge on any atom is 0.00578 e. The van der Waals surface area contributed by atoms with Crippen LogP contribution in [0, 0.1) is 11.8 Å². The molecule has 1 aromatic rings. The van der Waals surface area contributed by atoms with Gasteiger partial charge < -0.3 is 5.32 Å². The van der Waals surface area contributed by atoms with Crippen LogP contribution in [0.25, 0.3) is 0 Å². The standard InChI is InChI=1S/C14H23NS/c1-12-4-6-13(7-5-12)11-15-9-8-14-3-2-10-16-14/h2-3,10,12-13,15H,4-9,11H2,1H3. The molecule has 1 saturated carbocycles. The normalized spacial score (nSPS) is 25.8. The van der Waals surface area contributed by atoms with E-state index < -0.39 is 0 Å². The van der Waals surface area contributed by atoms with Crippen LogP contribution < -0.4 is 5.32 Å². The molecule has 1 aliphatic carbocycles. The molecule has 1 aromatic heterocycles. The topological polar surface area (TPSA) is 12.0 Å². The van der Waals surface area contributed by atoms with E-state index in [0.29, 0.717) is 0 Å². The maximum absolute atomic E-state index is 3.61. The third-order valence-corrected chi connectivity index (χ3v) is 4.63. The van der Waals surface area contributed by atoms with Crippen molar-refractivity contribution in [2.45, 2.75) is 39.0 Å². The van der Waals surface area contributed by atoms with Gasteiger partial charge in [0.2, 0.25) is 0 Å². The first-order valence-corrected chi connectivity index (χ1v) is 7.45. The Morgan fingerprint density at radius 3 is 2.81 bits per heavy atom. The van der Waals surface area contributed by atoms with E-state index in [1.807, 2.05) is 11.3 Å². The van der Waals surface area contributed by atoms with E-state index in [-0.39, 0.29) is 0 Å². The van der Waals surface area contributed by atoms with E-state index in [1.54, 1.807) is 0 Å². The van der Waals surface area contributed by atoms with Crippen molar-refractivity contribution in [2.24, 2.45) is 11.8 Å². The lowest BCUT2D eigenvalue weighted by molar-refractivity contribution is 0.282. The van der Waals surface area contributed by atoms with Crippen molar-refractivity contribution in [3.05, 3.63) is 22.4 Å². The van der Waals surface area contributed by atoms with Crippen LogP contribution in [0.15, 0.2) is 17.5 Å². The second-order valence-electron chi connectivity index (χ2n) is 5.16. The van der Waals surface area contributed by atoms with Crippen LogP contribution in [-0.2, 0) is 6.42 Å². The Labute approximate surface area is 103 Å². The van der Waals surface area contributed by atoms with Crippen LogP contribution in [0.5, 0.6) is 0 Å². The molecule has 16 heavy (non-hydrogen) atoms. The molecular formula is C14H23NS. The summed E-state index contributed by atoms with van der Waals surface area (Å²) in [4.78, 5) is 1.50. The van der Waals surface area contributed by atoms with Gasteiger partial charge in [0, 0.05) is 4.88 Å². The lowest BCUT2D eigenvalue weighted by Crippen LogP contribution is -2.27. The molecule has 0 bridgehead atoms. The van der Waals surface area contributed by atoms with Gasteiger partial charge in [-0.25, -0.2) is 0 Å². The van der Waals surface area contributed by atoms with Crippen molar-refractivity contribution in [1.82, 2.24) is 5.32 Å². The average molecular weight is 237 g/mol. The molecule has 0 saturated heterocycles. The monoisotopic (exact) mass is 237 g/mol. The fraction of sp³-hybridized carbons (Fsp3) is 0.714. The number of rotatable bonds is 5. The summed E-state index contributed by atoms with van der Waals surface area (Å²) < 4.78 is 0. The van der Waals surface area contributed by atoms with Gasteiger partial charge in [-0.05, 0) is 55.6 Å². The molecule has 1 fully saturated rings. The van der Waals surface area contributed by atoms with Gasteiger partial charge in [0.1, 0.15) is 0 Å². The molecule has 0 radical (unpaired) electrons. The Bertz CT molecular complexity index is 273. The van der Waals surface area contributed by atoms with Gasteiger partial charge >= 0.3 is 0 Å². The zero-order valence-corrected chi connectivity index (χ0v) is 11.1. The molecule has 1 aliphatic rings.